The molecule has 5 nitrogen and oxygen atoms in total. The van der Waals surface area contributed by atoms with E-state index in [1.54, 1.807) is 0 Å². The number of hydrogen-bond acceptors (Lipinski definition) is 5. The first-order chi connectivity index (χ1) is 10.4. The molecular formula is C13H15F3N2O3S. The van der Waals surface area contributed by atoms with Gasteiger partial charge in [0.1, 0.15) is 0 Å². The van der Waals surface area contributed by atoms with Crippen molar-refractivity contribution in [1.82, 2.24) is 4.90 Å². The molecular weight excluding hydrogens is 321 g/mol. The minimum Gasteiger partial charge on any atom is -0.379 e. The second-order valence-electron chi connectivity index (χ2n) is 4.74. The number of thioether (sulfide) groups is 1. The van der Waals surface area contributed by atoms with Crippen LogP contribution in [-0.2, 0) is 10.9 Å². The summed E-state index contributed by atoms with van der Waals surface area (Å²) in [6.45, 7) is 3.63. The second kappa shape index (κ2) is 7.30. The number of nitrogens with zero attached hydrogens (tertiary/aromatic N) is 2. The lowest BCUT2D eigenvalue weighted by atomic mass is 10.2. The smallest absolute Gasteiger partial charge is 0.379 e. The van der Waals surface area contributed by atoms with Crippen molar-refractivity contribution in [3.63, 3.8) is 0 Å². The van der Waals surface area contributed by atoms with Crippen LogP contribution in [0.1, 0.15) is 5.56 Å². The molecule has 1 heterocycles. The normalized spacial score (nSPS) is 16.7. The van der Waals surface area contributed by atoms with Gasteiger partial charge in [0, 0.05) is 31.5 Å². The average molecular weight is 336 g/mol. The SMILES string of the molecule is O=[N+]([O-])c1cc(C(F)(F)F)ccc1SCCN1CCOCC1. The molecule has 0 unspecified atom stereocenters. The monoisotopic (exact) mass is 336 g/mol. The van der Waals surface area contributed by atoms with Gasteiger partial charge in [0.15, 0.2) is 0 Å². The second-order valence-corrected chi connectivity index (χ2v) is 5.88. The molecule has 0 aromatic heterocycles. The lowest BCUT2D eigenvalue weighted by molar-refractivity contribution is -0.388. The van der Waals surface area contributed by atoms with E-state index in [2.05, 4.69) is 4.90 Å². The molecule has 0 radical (unpaired) electrons. The highest BCUT2D eigenvalue weighted by Gasteiger charge is 2.33. The van der Waals surface area contributed by atoms with E-state index in [0.717, 1.165) is 19.2 Å². The molecule has 22 heavy (non-hydrogen) atoms. The zero-order chi connectivity index (χ0) is 16.2. The molecule has 122 valence electrons. The van der Waals surface area contributed by atoms with Gasteiger partial charge in [-0.1, -0.05) is 0 Å². The van der Waals surface area contributed by atoms with Crippen LogP contribution in [0, 0.1) is 10.1 Å². The van der Waals surface area contributed by atoms with E-state index >= 15 is 0 Å². The van der Waals surface area contributed by atoms with Crippen LogP contribution in [-0.4, -0.2) is 48.4 Å². The average Bonchev–Trinajstić information content (AvgIpc) is 2.47. The van der Waals surface area contributed by atoms with E-state index in [4.69, 9.17) is 4.74 Å². The molecule has 0 saturated carbocycles. The summed E-state index contributed by atoms with van der Waals surface area (Å²) in [6, 6.07) is 2.64. The molecule has 9 heteroatoms. The lowest BCUT2D eigenvalue weighted by Crippen LogP contribution is -2.37. The molecule has 2 rings (SSSR count). The molecule has 0 bridgehead atoms. The Balaban J connectivity index is 2.01. The summed E-state index contributed by atoms with van der Waals surface area (Å²) < 4.78 is 43.0. The Hall–Kier alpha value is -1.32. The molecule has 1 fully saturated rings. The van der Waals surface area contributed by atoms with Gasteiger partial charge in [-0.15, -0.1) is 11.8 Å². The number of benzene rings is 1. The number of alkyl halides is 3. The predicted octanol–water partition coefficient (Wildman–Crippen LogP) is 3.04. The van der Waals surface area contributed by atoms with E-state index in [1.807, 2.05) is 0 Å². The van der Waals surface area contributed by atoms with Crippen LogP contribution in [0.15, 0.2) is 23.1 Å². The van der Waals surface area contributed by atoms with Crippen molar-refractivity contribution in [2.24, 2.45) is 0 Å². The Kier molecular flexibility index (Phi) is 5.65. The molecule has 0 amide bonds. The molecule has 1 aromatic rings. The third-order valence-corrected chi connectivity index (χ3v) is 4.29. The highest BCUT2D eigenvalue weighted by atomic mass is 32.2. The number of nitro benzene ring substituents is 1. The van der Waals surface area contributed by atoms with Gasteiger partial charge in [-0.25, -0.2) is 0 Å². The van der Waals surface area contributed by atoms with Crippen LogP contribution >= 0.6 is 11.8 Å². The summed E-state index contributed by atoms with van der Waals surface area (Å²) in [5.74, 6) is 0.576. The van der Waals surface area contributed by atoms with E-state index in [-0.39, 0.29) is 4.90 Å². The number of ether oxygens (including phenoxy) is 1. The van der Waals surface area contributed by atoms with Gasteiger partial charge in [0.25, 0.3) is 5.69 Å². The van der Waals surface area contributed by atoms with E-state index in [0.29, 0.717) is 31.6 Å². The molecule has 1 aliphatic heterocycles. The van der Waals surface area contributed by atoms with Crippen molar-refractivity contribution in [2.45, 2.75) is 11.1 Å². The van der Waals surface area contributed by atoms with Crippen LogP contribution in [0.5, 0.6) is 0 Å². The molecule has 1 aromatic carbocycles. The van der Waals surface area contributed by atoms with E-state index < -0.39 is 22.4 Å². The molecule has 1 saturated heterocycles. The van der Waals surface area contributed by atoms with Crippen LogP contribution < -0.4 is 0 Å². The van der Waals surface area contributed by atoms with Crippen LogP contribution in [0.4, 0.5) is 18.9 Å². The fraction of sp³-hybridized carbons (Fsp3) is 0.538. The van der Waals surface area contributed by atoms with Crippen molar-refractivity contribution in [1.29, 1.82) is 0 Å². The van der Waals surface area contributed by atoms with Crippen LogP contribution in [0.25, 0.3) is 0 Å². The first kappa shape index (κ1) is 17.0. The number of morpholine rings is 1. The maximum Gasteiger partial charge on any atom is 0.416 e. The largest absolute Gasteiger partial charge is 0.416 e. The number of hydrogen-bond donors (Lipinski definition) is 0. The van der Waals surface area contributed by atoms with Gasteiger partial charge >= 0.3 is 6.18 Å². The van der Waals surface area contributed by atoms with E-state index in [9.17, 15) is 23.3 Å². The zero-order valence-corrected chi connectivity index (χ0v) is 12.5. The van der Waals surface area contributed by atoms with Gasteiger partial charge in [0.2, 0.25) is 0 Å². The van der Waals surface area contributed by atoms with Crippen molar-refractivity contribution in [2.75, 3.05) is 38.6 Å². The maximum absolute atomic E-state index is 12.6. The topological polar surface area (TPSA) is 55.6 Å². The quantitative estimate of drug-likeness (QED) is 0.470. The Morgan fingerprint density at radius 3 is 2.59 bits per heavy atom. The molecule has 0 aliphatic carbocycles. The summed E-state index contributed by atoms with van der Waals surface area (Å²) in [5, 5.41) is 11.0. The van der Waals surface area contributed by atoms with Gasteiger partial charge in [-0.3, -0.25) is 15.0 Å². The summed E-state index contributed by atoms with van der Waals surface area (Å²) in [5.41, 5.74) is -1.50. The fourth-order valence-corrected chi connectivity index (χ4v) is 3.08. The predicted molar refractivity (Wildman–Crippen MR) is 76.1 cm³/mol. The summed E-state index contributed by atoms with van der Waals surface area (Å²) >= 11 is 1.20. The molecule has 0 N–H and O–H groups in total. The molecule has 1 aliphatic rings. The van der Waals surface area contributed by atoms with Gasteiger partial charge < -0.3 is 4.74 Å². The van der Waals surface area contributed by atoms with Crippen LogP contribution in [0.2, 0.25) is 0 Å². The molecule has 0 atom stereocenters. The fourth-order valence-electron chi connectivity index (χ4n) is 2.07. The Bertz CT molecular complexity index is 534. The number of nitro groups is 1. The minimum atomic E-state index is -4.58. The van der Waals surface area contributed by atoms with Gasteiger partial charge in [0.05, 0.1) is 28.6 Å². The van der Waals surface area contributed by atoms with Crippen molar-refractivity contribution in [3.05, 3.63) is 33.9 Å². The lowest BCUT2D eigenvalue weighted by Gasteiger charge is -2.26. The number of rotatable bonds is 5. The zero-order valence-electron chi connectivity index (χ0n) is 11.6. The Labute approximate surface area is 129 Å². The third-order valence-electron chi connectivity index (χ3n) is 3.25. The van der Waals surface area contributed by atoms with E-state index in [1.165, 1.54) is 17.8 Å². The van der Waals surface area contributed by atoms with Crippen molar-refractivity contribution in [3.8, 4) is 0 Å². The summed E-state index contributed by atoms with van der Waals surface area (Å²) in [4.78, 5) is 12.6. The van der Waals surface area contributed by atoms with Gasteiger partial charge in [-0.05, 0) is 12.1 Å². The third kappa shape index (κ3) is 4.59. The minimum absolute atomic E-state index is 0.256. The standard InChI is InChI=1S/C13H15F3N2O3S/c14-13(15,16)10-1-2-12(11(9-10)18(19)20)22-8-5-17-3-6-21-7-4-17/h1-2,9H,3-8H2. The summed E-state index contributed by atoms with van der Waals surface area (Å²) in [7, 11) is 0. The highest BCUT2D eigenvalue weighted by Crippen LogP contribution is 2.36. The first-order valence-corrected chi connectivity index (χ1v) is 7.65. The van der Waals surface area contributed by atoms with Crippen molar-refractivity contribution < 1.29 is 22.8 Å². The van der Waals surface area contributed by atoms with Crippen molar-refractivity contribution >= 4 is 17.4 Å². The van der Waals surface area contributed by atoms with Gasteiger partial charge in [-0.2, -0.15) is 13.2 Å². The Morgan fingerprint density at radius 2 is 2.00 bits per heavy atom. The number of halogens is 3. The first-order valence-electron chi connectivity index (χ1n) is 6.66. The van der Waals surface area contributed by atoms with Crippen LogP contribution in [0.3, 0.4) is 0 Å². The summed E-state index contributed by atoms with van der Waals surface area (Å²) in [6.07, 6.45) is -4.58. The Morgan fingerprint density at radius 1 is 1.32 bits per heavy atom. The maximum atomic E-state index is 12.6. The molecule has 0 spiro atoms. The highest BCUT2D eigenvalue weighted by molar-refractivity contribution is 7.99.